The molecule has 0 aliphatic carbocycles. The molecular weight excluding hydrogens is 246 g/mol. The van der Waals surface area contributed by atoms with Crippen LogP contribution in [0.1, 0.15) is 5.56 Å². The number of alkyl halides is 1. The Balaban J connectivity index is 2.61. The van der Waals surface area contributed by atoms with Gasteiger partial charge in [0.25, 0.3) is 0 Å². The molecule has 0 heterocycles. The van der Waals surface area contributed by atoms with Crippen molar-refractivity contribution in [3.05, 3.63) is 35.9 Å². The van der Waals surface area contributed by atoms with Crippen molar-refractivity contribution in [2.75, 3.05) is 6.07 Å². The SMILES string of the molecule is O=C(NC(Cc1ccccc1)C(=O)O)OCCl. The monoisotopic (exact) mass is 257 g/mol. The number of aliphatic carboxylic acids is 1. The van der Waals surface area contributed by atoms with Crippen molar-refractivity contribution in [2.24, 2.45) is 0 Å². The van der Waals surface area contributed by atoms with Gasteiger partial charge in [-0.15, -0.1) is 0 Å². The fraction of sp³-hybridized carbons (Fsp3) is 0.273. The van der Waals surface area contributed by atoms with Crippen molar-refractivity contribution in [3.8, 4) is 0 Å². The molecule has 0 radical (unpaired) electrons. The Kier molecular flexibility index (Phi) is 5.29. The predicted molar refractivity (Wildman–Crippen MR) is 61.9 cm³/mol. The Bertz CT molecular complexity index is 382. The minimum absolute atomic E-state index is 0.188. The molecule has 0 bridgehead atoms. The van der Waals surface area contributed by atoms with Gasteiger partial charge in [-0.2, -0.15) is 0 Å². The number of carboxylic acids is 1. The molecule has 0 fully saturated rings. The van der Waals surface area contributed by atoms with Gasteiger partial charge in [0, 0.05) is 6.42 Å². The van der Waals surface area contributed by atoms with Gasteiger partial charge in [0.1, 0.15) is 6.04 Å². The second-order valence-electron chi connectivity index (χ2n) is 3.27. The van der Waals surface area contributed by atoms with Gasteiger partial charge in [0.2, 0.25) is 0 Å². The zero-order valence-corrected chi connectivity index (χ0v) is 9.68. The van der Waals surface area contributed by atoms with Crippen LogP contribution in [0.25, 0.3) is 0 Å². The van der Waals surface area contributed by atoms with Crippen LogP contribution in [0, 0.1) is 0 Å². The van der Waals surface area contributed by atoms with Crippen LogP contribution in [0.5, 0.6) is 0 Å². The molecule has 2 N–H and O–H groups in total. The number of ether oxygens (including phenoxy) is 1. The van der Waals surface area contributed by atoms with E-state index in [4.69, 9.17) is 16.7 Å². The molecule has 1 amide bonds. The van der Waals surface area contributed by atoms with Crippen LogP contribution in [-0.2, 0) is 16.0 Å². The summed E-state index contributed by atoms with van der Waals surface area (Å²) in [5, 5.41) is 11.2. The molecule has 0 saturated carbocycles. The number of rotatable bonds is 5. The highest BCUT2D eigenvalue weighted by molar-refractivity contribution is 6.17. The van der Waals surface area contributed by atoms with E-state index >= 15 is 0 Å². The first kappa shape index (κ1) is 13.3. The van der Waals surface area contributed by atoms with Gasteiger partial charge < -0.3 is 15.2 Å². The molecular formula is C11H12ClNO4. The van der Waals surface area contributed by atoms with Gasteiger partial charge in [0.05, 0.1) is 0 Å². The summed E-state index contributed by atoms with van der Waals surface area (Å²) in [5.74, 6) is -1.12. The zero-order valence-electron chi connectivity index (χ0n) is 8.93. The second-order valence-corrected chi connectivity index (χ2v) is 3.48. The summed E-state index contributed by atoms with van der Waals surface area (Å²) in [4.78, 5) is 22.0. The molecule has 0 aliphatic rings. The molecule has 17 heavy (non-hydrogen) atoms. The number of carbonyl (C=O) groups excluding carboxylic acids is 1. The van der Waals surface area contributed by atoms with E-state index in [0.717, 1.165) is 5.56 Å². The fourth-order valence-corrected chi connectivity index (χ4v) is 1.38. The van der Waals surface area contributed by atoms with Crippen LogP contribution in [0.4, 0.5) is 4.79 Å². The quantitative estimate of drug-likeness (QED) is 0.786. The van der Waals surface area contributed by atoms with Crippen molar-refractivity contribution in [2.45, 2.75) is 12.5 Å². The minimum atomic E-state index is -1.12. The lowest BCUT2D eigenvalue weighted by molar-refractivity contribution is -0.139. The number of halogens is 1. The van der Waals surface area contributed by atoms with E-state index in [0.29, 0.717) is 0 Å². The van der Waals surface area contributed by atoms with Gasteiger partial charge >= 0.3 is 12.1 Å². The Hall–Kier alpha value is -1.75. The molecule has 1 atom stereocenters. The number of nitrogens with one attached hydrogen (secondary N) is 1. The van der Waals surface area contributed by atoms with Crippen LogP contribution in [0.15, 0.2) is 30.3 Å². The lowest BCUT2D eigenvalue weighted by Crippen LogP contribution is -2.42. The summed E-state index contributed by atoms with van der Waals surface area (Å²) in [6.45, 7) is 0. The van der Waals surface area contributed by atoms with E-state index in [2.05, 4.69) is 10.1 Å². The highest BCUT2D eigenvalue weighted by Crippen LogP contribution is 2.03. The Labute approximate surface area is 103 Å². The topological polar surface area (TPSA) is 75.6 Å². The van der Waals surface area contributed by atoms with E-state index in [9.17, 15) is 9.59 Å². The van der Waals surface area contributed by atoms with E-state index in [1.54, 1.807) is 24.3 Å². The van der Waals surface area contributed by atoms with Gasteiger partial charge in [-0.25, -0.2) is 9.59 Å². The number of carbonyl (C=O) groups is 2. The van der Waals surface area contributed by atoms with E-state index in [-0.39, 0.29) is 12.5 Å². The Morgan fingerprint density at radius 3 is 2.53 bits per heavy atom. The summed E-state index contributed by atoms with van der Waals surface area (Å²) in [6.07, 6.45) is -0.656. The first-order chi connectivity index (χ1) is 8.13. The molecule has 5 nitrogen and oxygen atoms in total. The smallest absolute Gasteiger partial charge is 0.409 e. The van der Waals surface area contributed by atoms with Crippen molar-refractivity contribution >= 4 is 23.7 Å². The van der Waals surface area contributed by atoms with Gasteiger partial charge in [-0.3, -0.25) is 0 Å². The predicted octanol–water partition coefficient (Wildman–Crippen LogP) is 1.60. The molecule has 1 rings (SSSR count). The summed E-state index contributed by atoms with van der Waals surface area (Å²) < 4.78 is 4.41. The van der Waals surface area contributed by atoms with Crippen LogP contribution in [-0.4, -0.2) is 29.3 Å². The lowest BCUT2D eigenvalue weighted by atomic mass is 10.1. The van der Waals surface area contributed by atoms with E-state index in [1.165, 1.54) is 0 Å². The molecule has 92 valence electrons. The van der Waals surface area contributed by atoms with Crippen LogP contribution in [0.3, 0.4) is 0 Å². The first-order valence-electron chi connectivity index (χ1n) is 4.89. The van der Waals surface area contributed by atoms with E-state index < -0.39 is 18.1 Å². The molecule has 1 unspecified atom stereocenters. The van der Waals surface area contributed by atoms with Crippen molar-refractivity contribution in [3.63, 3.8) is 0 Å². The Morgan fingerprint density at radius 1 is 1.35 bits per heavy atom. The fourth-order valence-electron chi connectivity index (χ4n) is 1.28. The largest absolute Gasteiger partial charge is 0.480 e. The highest BCUT2D eigenvalue weighted by atomic mass is 35.5. The molecule has 1 aromatic carbocycles. The third-order valence-electron chi connectivity index (χ3n) is 2.06. The van der Waals surface area contributed by atoms with Crippen LogP contribution < -0.4 is 5.32 Å². The maximum atomic E-state index is 11.1. The lowest BCUT2D eigenvalue weighted by Gasteiger charge is -2.13. The summed E-state index contributed by atoms with van der Waals surface area (Å²) in [5.41, 5.74) is 0.811. The normalized spacial score (nSPS) is 11.6. The highest BCUT2D eigenvalue weighted by Gasteiger charge is 2.20. The zero-order chi connectivity index (χ0) is 12.7. The third-order valence-corrected chi connectivity index (χ3v) is 2.17. The maximum Gasteiger partial charge on any atom is 0.409 e. The number of alkyl carbamates (subject to hydrolysis) is 1. The van der Waals surface area contributed by atoms with Crippen LogP contribution in [0.2, 0.25) is 0 Å². The van der Waals surface area contributed by atoms with Crippen LogP contribution >= 0.6 is 11.6 Å². The third kappa shape index (κ3) is 4.74. The molecule has 1 aromatic rings. The first-order valence-corrected chi connectivity index (χ1v) is 5.43. The Morgan fingerprint density at radius 2 is 2.00 bits per heavy atom. The van der Waals surface area contributed by atoms with E-state index in [1.807, 2.05) is 6.07 Å². The molecule has 6 heteroatoms. The number of benzene rings is 1. The summed E-state index contributed by atoms with van der Waals surface area (Å²) >= 11 is 5.19. The molecule has 0 aliphatic heterocycles. The number of hydrogen-bond acceptors (Lipinski definition) is 3. The van der Waals surface area contributed by atoms with Gasteiger partial charge in [-0.05, 0) is 5.56 Å². The number of carboxylic acid groups (broad SMARTS) is 1. The average Bonchev–Trinajstić information content (AvgIpc) is 2.29. The van der Waals surface area contributed by atoms with Crippen molar-refractivity contribution in [1.29, 1.82) is 0 Å². The molecule has 0 aromatic heterocycles. The molecule has 0 spiro atoms. The average molecular weight is 258 g/mol. The number of amides is 1. The van der Waals surface area contributed by atoms with Crippen molar-refractivity contribution < 1.29 is 19.4 Å². The van der Waals surface area contributed by atoms with Crippen molar-refractivity contribution in [1.82, 2.24) is 5.32 Å². The second kappa shape index (κ2) is 6.75. The van der Waals surface area contributed by atoms with Gasteiger partial charge in [-0.1, -0.05) is 41.9 Å². The number of hydrogen-bond donors (Lipinski definition) is 2. The summed E-state index contributed by atoms with van der Waals surface area (Å²) in [6, 6.07) is 7.64. The standard InChI is InChI=1S/C11H12ClNO4/c12-7-17-11(16)13-9(10(14)15)6-8-4-2-1-3-5-8/h1-5,9H,6-7H2,(H,13,16)(H,14,15). The maximum absolute atomic E-state index is 11.1. The van der Waals surface area contributed by atoms with Gasteiger partial charge in [0.15, 0.2) is 6.07 Å². The summed E-state index contributed by atoms with van der Waals surface area (Å²) in [7, 11) is 0. The molecule has 0 saturated heterocycles. The minimum Gasteiger partial charge on any atom is -0.480 e.